The Morgan fingerprint density at radius 2 is 1.82 bits per heavy atom. The zero-order chi connectivity index (χ0) is 24.5. The Bertz CT molecular complexity index is 1450. The maximum absolute atomic E-state index is 14.3. The molecule has 4 heterocycles. The minimum Gasteiger partial charge on any atom is -0.330 e. The van der Waals surface area contributed by atoms with Gasteiger partial charge in [0.2, 0.25) is 0 Å². The van der Waals surface area contributed by atoms with Gasteiger partial charge in [0.25, 0.3) is 5.91 Å². The summed E-state index contributed by atoms with van der Waals surface area (Å²) in [5.41, 5.74) is 1.82. The van der Waals surface area contributed by atoms with Gasteiger partial charge in [0.15, 0.2) is 5.69 Å². The van der Waals surface area contributed by atoms with Gasteiger partial charge in [0.1, 0.15) is 11.3 Å². The van der Waals surface area contributed by atoms with E-state index in [1.807, 2.05) is 6.92 Å². The second-order valence-electron chi connectivity index (χ2n) is 8.42. The number of fused-ring (bicyclic) bond motifs is 2. The van der Waals surface area contributed by atoms with E-state index in [1.54, 1.807) is 19.0 Å². The molecular weight excluding hydrogens is 454 g/mol. The molecule has 0 N–H and O–H groups in total. The Morgan fingerprint density at radius 3 is 2.50 bits per heavy atom. The number of hydrogen-bond donors (Lipinski definition) is 0. The molecule has 3 aromatic heterocycles. The van der Waals surface area contributed by atoms with E-state index in [-0.39, 0.29) is 11.4 Å². The molecule has 0 bridgehead atoms. The zero-order valence-corrected chi connectivity index (χ0v) is 18.9. The third-order valence-electron chi connectivity index (χ3n) is 6.40. The van der Waals surface area contributed by atoms with Crippen LogP contribution < -0.4 is 0 Å². The number of alkyl halides is 3. The summed E-state index contributed by atoms with van der Waals surface area (Å²) in [4.78, 5) is 15.1. The maximum atomic E-state index is 14.3. The van der Waals surface area contributed by atoms with Crippen LogP contribution in [-0.2, 0) is 33.7 Å². The quantitative estimate of drug-likeness (QED) is 0.415. The number of aryl methyl sites for hydroxylation is 3. The molecule has 178 valence electrons. The highest BCUT2D eigenvalue weighted by atomic mass is 19.4. The van der Waals surface area contributed by atoms with Gasteiger partial charge in [-0.15, -0.1) is 0 Å². The second-order valence-corrected chi connectivity index (χ2v) is 8.42. The number of benzene rings is 1. The summed E-state index contributed by atoms with van der Waals surface area (Å²) in [7, 11) is 4.72. The van der Waals surface area contributed by atoms with Crippen molar-refractivity contribution in [3.63, 3.8) is 0 Å². The first kappa shape index (κ1) is 22.1. The summed E-state index contributed by atoms with van der Waals surface area (Å²) in [6.45, 7) is 2.15. The van der Waals surface area contributed by atoms with E-state index in [0.29, 0.717) is 41.0 Å². The molecule has 0 saturated carbocycles. The molecule has 0 radical (unpaired) electrons. The van der Waals surface area contributed by atoms with E-state index in [4.69, 9.17) is 0 Å². The third kappa shape index (κ3) is 3.19. The van der Waals surface area contributed by atoms with E-state index in [9.17, 15) is 22.4 Å². The zero-order valence-electron chi connectivity index (χ0n) is 18.9. The van der Waals surface area contributed by atoms with Crippen LogP contribution in [-0.4, -0.2) is 46.7 Å². The molecule has 0 saturated heterocycles. The Kier molecular flexibility index (Phi) is 4.81. The van der Waals surface area contributed by atoms with Crippen molar-refractivity contribution in [2.24, 2.45) is 21.1 Å². The van der Waals surface area contributed by atoms with Crippen LogP contribution in [0.25, 0.3) is 22.3 Å². The van der Waals surface area contributed by atoms with Crippen LogP contribution >= 0.6 is 0 Å². The fourth-order valence-corrected chi connectivity index (χ4v) is 4.75. The lowest BCUT2D eigenvalue weighted by molar-refractivity contribution is -0.141. The predicted octanol–water partition coefficient (Wildman–Crippen LogP) is 3.62. The number of nitrogens with zero attached hydrogens (tertiary/aromatic N) is 7. The van der Waals surface area contributed by atoms with Crippen LogP contribution in [0.2, 0.25) is 0 Å². The average Bonchev–Trinajstić information content (AvgIpc) is 3.43. The van der Waals surface area contributed by atoms with Gasteiger partial charge in [-0.3, -0.25) is 18.8 Å². The van der Waals surface area contributed by atoms with Gasteiger partial charge in [-0.25, -0.2) is 4.39 Å². The van der Waals surface area contributed by atoms with Crippen molar-refractivity contribution in [3.05, 3.63) is 52.7 Å². The molecule has 0 aliphatic carbocycles. The molecule has 8 nitrogen and oxygen atoms in total. The van der Waals surface area contributed by atoms with E-state index < -0.39 is 23.7 Å². The molecule has 5 rings (SSSR count). The van der Waals surface area contributed by atoms with Crippen molar-refractivity contribution >= 4 is 16.8 Å². The van der Waals surface area contributed by atoms with Crippen molar-refractivity contribution in [2.45, 2.75) is 25.6 Å². The molecular formula is C22H21F4N7O. The van der Waals surface area contributed by atoms with Gasteiger partial charge >= 0.3 is 6.18 Å². The first-order chi connectivity index (χ1) is 16.0. The SMILES string of the molecule is CC1c2nn(C)c(-c3cc(C(F)(F)F)nn3C)c2CCN1C(=O)c1ccc(F)c2c1cnn2C. The molecule has 1 amide bonds. The molecule has 1 aliphatic rings. The van der Waals surface area contributed by atoms with Crippen molar-refractivity contribution in [1.29, 1.82) is 0 Å². The Hall–Kier alpha value is -3.70. The Morgan fingerprint density at radius 1 is 1.09 bits per heavy atom. The number of halogens is 4. The number of amides is 1. The fraction of sp³-hybridized carbons (Fsp3) is 0.364. The van der Waals surface area contributed by atoms with Crippen LogP contribution in [0.5, 0.6) is 0 Å². The lowest BCUT2D eigenvalue weighted by atomic mass is 9.96. The number of carbonyl (C=O) groups excluding carboxylic acids is 1. The van der Waals surface area contributed by atoms with Gasteiger partial charge < -0.3 is 4.90 Å². The fourth-order valence-electron chi connectivity index (χ4n) is 4.75. The van der Waals surface area contributed by atoms with Crippen LogP contribution in [0, 0.1) is 5.82 Å². The lowest BCUT2D eigenvalue weighted by Crippen LogP contribution is -2.39. The van der Waals surface area contributed by atoms with E-state index >= 15 is 0 Å². The largest absolute Gasteiger partial charge is 0.435 e. The first-order valence-electron chi connectivity index (χ1n) is 10.6. The highest BCUT2D eigenvalue weighted by Gasteiger charge is 2.38. The number of hydrogen-bond acceptors (Lipinski definition) is 4. The molecule has 1 unspecified atom stereocenters. The maximum Gasteiger partial charge on any atom is 0.435 e. The molecule has 1 aliphatic heterocycles. The highest BCUT2D eigenvalue weighted by Crippen LogP contribution is 2.38. The van der Waals surface area contributed by atoms with Gasteiger partial charge in [-0.05, 0) is 31.5 Å². The molecule has 0 fully saturated rings. The summed E-state index contributed by atoms with van der Waals surface area (Å²) in [6, 6.07) is 3.26. The average molecular weight is 475 g/mol. The van der Waals surface area contributed by atoms with E-state index in [0.717, 1.165) is 11.6 Å². The van der Waals surface area contributed by atoms with Crippen molar-refractivity contribution in [2.75, 3.05) is 6.54 Å². The minimum atomic E-state index is -4.56. The second kappa shape index (κ2) is 7.40. The first-order valence-corrected chi connectivity index (χ1v) is 10.6. The summed E-state index contributed by atoms with van der Waals surface area (Å²) >= 11 is 0. The standard InChI is InChI=1S/C22H21F4N7O/c1-11-18-13(20(32(4)29-18)16-9-17(22(24,25)26)28-30(16)2)7-8-33(11)21(34)12-5-6-15(23)19-14(12)10-27-31(19)3/h5-6,9-11H,7-8H2,1-4H3. The molecule has 34 heavy (non-hydrogen) atoms. The topological polar surface area (TPSA) is 73.8 Å². The summed E-state index contributed by atoms with van der Waals surface area (Å²) < 4.78 is 58.0. The normalized spacial score (nSPS) is 16.4. The van der Waals surface area contributed by atoms with Crippen LogP contribution in [0.4, 0.5) is 17.6 Å². The van der Waals surface area contributed by atoms with Crippen molar-refractivity contribution in [1.82, 2.24) is 34.2 Å². The van der Waals surface area contributed by atoms with Crippen LogP contribution in [0.1, 0.15) is 40.3 Å². The lowest BCUT2D eigenvalue weighted by Gasteiger charge is -2.33. The van der Waals surface area contributed by atoms with Gasteiger partial charge in [0.05, 0.1) is 34.9 Å². The summed E-state index contributed by atoms with van der Waals surface area (Å²) in [5.74, 6) is -0.757. The van der Waals surface area contributed by atoms with Gasteiger partial charge in [0, 0.05) is 38.6 Å². The molecule has 1 aromatic carbocycles. The third-order valence-corrected chi connectivity index (χ3v) is 6.40. The Labute approximate surface area is 191 Å². The summed E-state index contributed by atoms with van der Waals surface area (Å²) in [5, 5.41) is 12.7. The van der Waals surface area contributed by atoms with Gasteiger partial charge in [-0.2, -0.15) is 28.5 Å². The van der Waals surface area contributed by atoms with E-state index in [2.05, 4.69) is 15.3 Å². The molecule has 0 spiro atoms. The summed E-state index contributed by atoms with van der Waals surface area (Å²) in [6.07, 6.45) is -2.69. The predicted molar refractivity (Wildman–Crippen MR) is 114 cm³/mol. The smallest absolute Gasteiger partial charge is 0.330 e. The minimum absolute atomic E-state index is 0.244. The van der Waals surface area contributed by atoms with Gasteiger partial charge in [-0.1, -0.05) is 0 Å². The molecule has 12 heteroatoms. The van der Waals surface area contributed by atoms with E-state index in [1.165, 1.54) is 39.4 Å². The van der Waals surface area contributed by atoms with Crippen LogP contribution in [0.3, 0.4) is 0 Å². The number of carbonyl (C=O) groups is 1. The molecule has 4 aromatic rings. The van der Waals surface area contributed by atoms with Crippen LogP contribution in [0.15, 0.2) is 24.4 Å². The number of rotatable bonds is 2. The van der Waals surface area contributed by atoms with Crippen molar-refractivity contribution in [3.8, 4) is 11.4 Å². The Balaban J connectivity index is 1.53. The monoisotopic (exact) mass is 475 g/mol. The number of aromatic nitrogens is 6. The van der Waals surface area contributed by atoms with Crippen molar-refractivity contribution < 1.29 is 22.4 Å². The highest BCUT2D eigenvalue weighted by molar-refractivity contribution is 6.06. The molecule has 1 atom stereocenters.